The number of hydrogen-bond donors (Lipinski definition) is 0. The number of benzene rings is 2. The first-order chi connectivity index (χ1) is 8.42. The Morgan fingerprint density at radius 2 is 1.71 bits per heavy atom. The van der Waals surface area contributed by atoms with Gasteiger partial charge in [0.15, 0.2) is 0 Å². The fraction of sp³-hybridized carbons (Fsp3) is 0.375. The molecule has 0 amide bonds. The second kappa shape index (κ2) is 6.29. The summed E-state index contributed by atoms with van der Waals surface area (Å²) in [4.78, 5) is 0. The molecule has 89 valence electrons. The van der Waals surface area contributed by atoms with Gasteiger partial charge in [-0.3, -0.25) is 5.32 Å². The van der Waals surface area contributed by atoms with Gasteiger partial charge in [-0.05, 0) is 17.9 Å². The van der Waals surface area contributed by atoms with Gasteiger partial charge in [-0.25, -0.2) is 0 Å². The van der Waals surface area contributed by atoms with E-state index in [0.717, 1.165) is 12.2 Å². The minimum Gasteiger partial charge on any atom is -0.285 e. The van der Waals surface area contributed by atoms with Gasteiger partial charge in [0.25, 0.3) is 0 Å². The number of rotatable bonds is 6. The van der Waals surface area contributed by atoms with Gasteiger partial charge >= 0.3 is 0 Å². The molecule has 0 spiro atoms. The van der Waals surface area contributed by atoms with Crippen LogP contribution in [0.4, 0.5) is 5.69 Å². The summed E-state index contributed by atoms with van der Waals surface area (Å²) in [5.41, 5.74) is 1.14. The Hall–Kier alpha value is -1.50. The standard InChI is InChI=1S/C16H20N/c1-2-3-4-7-13-17-16-12-8-10-14-9-5-6-11-15(14)16/h5-6,8-12H,2-4,7,13H2,1H3. The molecule has 0 aliphatic heterocycles. The van der Waals surface area contributed by atoms with E-state index in [1.807, 2.05) is 0 Å². The normalized spacial score (nSPS) is 10.6. The first-order valence-corrected chi connectivity index (χ1v) is 6.57. The lowest BCUT2D eigenvalue weighted by Crippen LogP contribution is -2.00. The second-order valence-electron chi connectivity index (χ2n) is 4.44. The lowest BCUT2D eigenvalue weighted by atomic mass is 10.1. The van der Waals surface area contributed by atoms with Gasteiger partial charge in [-0.15, -0.1) is 0 Å². The molecule has 0 aliphatic carbocycles. The maximum Gasteiger partial charge on any atom is 0.0652 e. The van der Waals surface area contributed by atoms with Gasteiger partial charge in [0.1, 0.15) is 0 Å². The molecule has 0 aromatic heterocycles. The van der Waals surface area contributed by atoms with Crippen molar-refractivity contribution in [2.45, 2.75) is 32.6 Å². The number of hydrogen-bond acceptors (Lipinski definition) is 0. The van der Waals surface area contributed by atoms with Gasteiger partial charge in [0, 0.05) is 11.9 Å². The summed E-state index contributed by atoms with van der Waals surface area (Å²) in [7, 11) is 0. The van der Waals surface area contributed by atoms with E-state index in [-0.39, 0.29) is 0 Å². The number of unbranched alkanes of at least 4 members (excludes halogenated alkanes) is 3. The highest BCUT2D eigenvalue weighted by Crippen LogP contribution is 2.23. The third-order valence-electron chi connectivity index (χ3n) is 3.06. The fourth-order valence-electron chi connectivity index (χ4n) is 2.08. The second-order valence-corrected chi connectivity index (χ2v) is 4.44. The summed E-state index contributed by atoms with van der Waals surface area (Å²) >= 11 is 0. The van der Waals surface area contributed by atoms with Crippen LogP contribution in [-0.4, -0.2) is 6.54 Å². The van der Waals surface area contributed by atoms with E-state index < -0.39 is 0 Å². The molecule has 2 rings (SSSR count). The van der Waals surface area contributed by atoms with Crippen molar-refractivity contribution in [3.8, 4) is 0 Å². The highest BCUT2D eigenvalue weighted by Gasteiger charge is 2.00. The Morgan fingerprint density at radius 1 is 0.882 bits per heavy atom. The Bertz CT molecular complexity index is 457. The zero-order chi connectivity index (χ0) is 11.9. The zero-order valence-corrected chi connectivity index (χ0v) is 10.5. The molecule has 2 aromatic rings. The third-order valence-corrected chi connectivity index (χ3v) is 3.06. The maximum absolute atomic E-state index is 4.71. The molecule has 1 heteroatoms. The molecule has 17 heavy (non-hydrogen) atoms. The molecule has 1 radical (unpaired) electrons. The average Bonchev–Trinajstić information content (AvgIpc) is 2.39. The molecule has 0 saturated heterocycles. The summed E-state index contributed by atoms with van der Waals surface area (Å²) in [5, 5.41) is 7.26. The molecule has 0 heterocycles. The van der Waals surface area contributed by atoms with Crippen LogP contribution >= 0.6 is 0 Å². The van der Waals surface area contributed by atoms with Crippen LogP contribution in [0.15, 0.2) is 42.5 Å². The smallest absolute Gasteiger partial charge is 0.0652 e. The first-order valence-electron chi connectivity index (χ1n) is 6.57. The summed E-state index contributed by atoms with van der Waals surface area (Å²) in [6.45, 7) is 3.19. The summed E-state index contributed by atoms with van der Waals surface area (Å²) < 4.78 is 0. The lowest BCUT2D eigenvalue weighted by Gasteiger charge is -2.06. The maximum atomic E-state index is 4.71. The fourth-order valence-corrected chi connectivity index (χ4v) is 2.08. The highest BCUT2D eigenvalue weighted by molar-refractivity contribution is 5.92. The van der Waals surface area contributed by atoms with Crippen molar-refractivity contribution in [2.24, 2.45) is 0 Å². The van der Waals surface area contributed by atoms with Gasteiger partial charge < -0.3 is 0 Å². The van der Waals surface area contributed by atoms with E-state index >= 15 is 0 Å². The van der Waals surface area contributed by atoms with Gasteiger partial charge in [-0.2, -0.15) is 0 Å². The Kier molecular flexibility index (Phi) is 4.43. The molecule has 2 aromatic carbocycles. The van der Waals surface area contributed by atoms with E-state index in [9.17, 15) is 0 Å². The van der Waals surface area contributed by atoms with Crippen LogP contribution in [-0.2, 0) is 0 Å². The number of fused-ring (bicyclic) bond motifs is 1. The Morgan fingerprint density at radius 3 is 2.59 bits per heavy atom. The van der Waals surface area contributed by atoms with Crippen molar-refractivity contribution in [2.75, 3.05) is 6.54 Å². The van der Waals surface area contributed by atoms with Gasteiger partial charge in [-0.1, -0.05) is 62.6 Å². The van der Waals surface area contributed by atoms with Crippen LogP contribution in [0.25, 0.3) is 10.8 Å². The molecular weight excluding hydrogens is 206 g/mol. The summed E-state index contributed by atoms with van der Waals surface area (Å²) in [5.74, 6) is 0. The zero-order valence-electron chi connectivity index (χ0n) is 10.5. The molecule has 0 atom stereocenters. The Labute approximate surface area is 104 Å². The SMILES string of the molecule is CCCCCC[N]c1cccc2ccccc12. The number of nitrogens with zero attached hydrogens (tertiary/aromatic N) is 1. The topological polar surface area (TPSA) is 14.1 Å². The van der Waals surface area contributed by atoms with Crippen LogP contribution < -0.4 is 5.32 Å². The Balaban J connectivity index is 1.98. The highest BCUT2D eigenvalue weighted by atomic mass is 14.9. The van der Waals surface area contributed by atoms with Crippen molar-refractivity contribution in [1.29, 1.82) is 0 Å². The molecular formula is C16H20N. The minimum absolute atomic E-state index is 0.952. The van der Waals surface area contributed by atoms with E-state index in [2.05, 4.69) is 49.4 Å². The molecule has 1 nitrogen and oxygen atoms in total. The van der Waals surface area contributed by atoms with Crippen LogP contribution in [0, 0.1) is 0 Å². The molecule has 0 bridgehead atoms. The van der Waals surface area contributed by atoms with Crippen LogP contribution in [0.5, 0.6) is 0 Å². The first kappa shape index (κ1) is 12.0. The van der Waals surface area contributed by atoms with Crippen LogP contribution in [0.1, 0.15) is 32.6 Å². The lowest BCUT2D eigenvalue weighted by molar-refractivity contribution is 0.645. The van der Waals surface area contributed by atoms with Gasteiger partial charge in [0.2, 0.25) is 0 Å². The van der Waals surface area contributed by atoms with E-state index in [1.165, 1.54) is 36.5 Å². The summed E-state index contributed by atoms with van der Waals surface area (Å²) in [6.07, 6.45) is 5.11. The van der Waals surface area contributed by atoms with Gasteiger partial charge in [0.05, 0.1) is 5.69 Å². The largest absolute Gasteiger partial charge is 0.285 e. The van der Waals surface area contributed by atoms with Crippen molar-refractivity contribution in [3.63, 3.8) is 0 Å². The summed E-state index contributed by atoms with van der Waals surface area (Å²) in [6, 6.07) is 14.8. The molecule has 0 fully saturated rings. The third kappa shape index (κ3) is 3.23. The predicted octanol–water partition coefficient (Wildman–Crippen LogP) is 4.66. The van der Waals surface area contributed by atoms with Crippen molar-refractivity contribution in [1.82, 2.24) is 5.32 Å². The van der Waals surface area contributed by atoms with Crippen molar-refractivity contribution in [3.05, 3.63) is 42.5 Å². The molecule has 0 saturated carbocycles. The van der Waals surface area contributed by atoms with E-state index in [0.29, 0.717) is 0 Å². The molecule has 0 aliphatic rings. The average molecular weight is 226 g/mol. The van der Waals surface area contributed by atoms with Crippen LogP contribution in [0.3, 0.4) is 0 Å². The van der Waals surface area contributed by atoms with Crippen LogP contribution in [0.2, 0.25) is 0 Å². The van der Waals surface area contributed by atoms with E-state index in [1.54, 1.807) is 0 Å². The van der Waals surface area contributed by atoms with Crippen molar-refractivity contribution < 1.29 is 0 Å². The molecule has 0 N–H and O–H groups in total. The quantitative estimate of drug-likeness (QED) is 0.636. The molecule has 0 unspecified atom stereocenters. The predicted molar refractivity (Wildman–Crippen MR) is 74.8 cm³/mol. The van der Waals surface area contributed by atoms with E-state index in [4.69, 9.17) is 5.32 Å². The minimum atomic E-state index is 0.952. The van der Waals surface area contributed by atoms with Crippen molar-refractivity contribution >= 4 is 16.5 Å². The monoisotopic (exact) mass is 226 g/mol.